The summed E-state index contributed by atoms with van der Waals surface area (Å²) in [6, 6.07) is 22.9. The van der Waals surface area contributed by atoms with E-state index in [4.69, 9.17) is 20.6 Å². The normalized spacial score (nSPS) is 9.07. The largest absolute Gasteiger partial charge is 1.00 e. The topological polar surface area (TPSA) is 143 Å². The number of nitrogens with one attached hydrogen (secondary N) is 1. The molecule has 0 aliphatic carbocycles. The quantitative estimate of drug-likeness (QED) is 0.102. The summed E-state index contributed by atoms with van der Waals surface area (Å²) in [4.78, 5) is 21.7. The molecule has 0 bridgehead atoms. The van der Waals surface area contributed by atoms with Gasteiger partial charge in [-0.2, -0.15) is 14.9 Å². The Morgan fingerprint density at radius 3 is 1.98 bits per heavy atom. The summed E-state index contributed by atoms with van der Waals surface area (Å²) in [7, 11) is 0. The van der Waals surface area contributed by atoms with E-state index in [-0.39, 0.29) is 157 Å². The number of rotatable bonds is 2. The fourth-order valence-electron chi connectivity index (χ4n) is 3.50. The van der Waals surface area contributed by atoms with Crippen molar-refractivity contribution < 1.29 is 167 Å². The van der Waals surface area contributed by atoms with E-state index in [1.807, 2.05) is 24.3 Å². The molecule has 0 saturated carbocycles. The number of fused-ring (bicyclic) bond motifs is 2. The molecule has 4 aromatic heterocycles. The summed E-state index contributed by atoms with van der Waals surface area (Å²) in [5, 5.41) is 27.4. The third-order valence-corrected chi connectivity index (χ3v) is 5.22. The number of hydrogen-bond donors (Lipinski definition) is 1. The number of aromatic amines is 1. The molecule has 0 fully saturated rings. The van der Waals surface area contributed by atoms with E-state index < -0.39 is 5.95 Å². The van der Waals surface area contributed by atoms with Crippen LogP contribution in [0.1, 0.15) is 12.6 Å². The number of H-pyrrole nitrogens is 1. The molecule has 0 amide bonds. The maximum atomic E-state index is 13.2. The molecule has 4 heterocycles. The molecule has 0 unspecified atom stereocenters. The molecule has 0 saturated heterocycles. The molecule has 0 aliphatic heterocycles. The van der Waals surface area contributed by atoms with Crippen molar-refractivity contribution in [1.82, 2.24) is 19.5 Å². The Balaban J connectivity index is 0.000000619. The van der Waals surface area contributed by atoms with Crippen molar-refractivity contribution in [1.29, 1.82) is 10.5 Å². The van der Waals surface area contributed by atoms with Gasteiger partial charge in [-0.15, -0.1) is 0 Å². The second kappa shape index (κ2) is 21.0. The second-order valence-electron chi connectivity index (χ2n) is 7.72. The summed E-state index contributed by atoms with van der Waals surface area (Å²) in [6.07, 6.45) is 6.34. The van der Waals surface area contributed by atoms with Crippen LogP contribution in [0, 0.1) is 40.2 Å². The van der Waals surface area contributed by atoms with Gasteiger partial charge in [0.05, 0.1) is 16.6 Å². The molecule has 0 aliphatic rings. The Hall–Kier alpha value is -1.88. The van der Waals surface area contributed by atoms with Gasteiger partial charge in [-0.25, -0.2) is 18.7 Å². The third-order valence-electron chi connectivity index (χ3n) is 5.22. The Labute approximate surface area is 363 Å². The molecule has 6 aromatic rings. The molecule has 1 N–H and O–H groups in total. The van der Waals surface area contributed by atoms with Crippen LogP contribution in [0.25, 0.3) is 27.6 Å². The Morgan fingerprint density at radius 2 is 1.47 bits per heavy atom. The van der Waals surface area contributed by atoms with E-state index >= 15 is 0 Å². The molecular formula is C29H19Cs2F3N6O3. The number of benzene rings is 2. The van der Waals surface area contributed by atoms with Crippen LogP contribution in [0.5, 0.6) is 0 Å². The fraction of sp³-hybridized carbons (Fsp3) is 0. The van der Waals surface area contributed by atoms with Crippen molar-refractivity contribution in [2.45, 2.75) is 0 Å². The number of hydrogen-bond acceptors (Lipinski definition) is 7. The first-order chi connectivity index (χ1) is 19.9. The van der Waals surface area contributed by atoms with Crippen LogP contribution in [0.15, 0.2) is 97.6 Å². The van der Waals surface area contributed by atoms with Crippen molar-refractivity contribution in [2.24, 2.45) is 0 Å². The van der Waals surface area contributed by atoms with E-state index in [1.165, 1.54) is 36.5 Å². The minimum Gasteiger partial charge on any atom is -1.00 e. The number of carbonyl (C=O) groups is 1. The van der Waals surface area contributed by atoms with E-state index in [0.29, 0.717) is 27.7 Å². The van der Waals surface area contributed by atoms with Gasteiger partial charge in [0.1, 0.15) is 29.6 Å². The minimum atomic E-state index is -0.428. The molecule has 43 heavy (non-hydrogen) atoms. The van der Waals surface area contributed by atoms with Crippen molar-refractivity contribution in [2.75, 3.05) is 0 Å². The predicted molar refractivity (Wildman–Crippen MR) is 141 cm³/mol. The molecule has 14 heteroatoms. The van der Waals surface area contributed by atoms with Crippen molar-refractivity contribution >= 4 is 28.3 Å². The van der Waals surface area contributed by atoms with E-state index in [2.05, 4.69) is 25.9 Å². The van der Waals surface area contributed by atoms with Crippen LogP contribution in [-0.4, -0.2) is 26.0 Å². The Morgan fingerprint density at radius 1 is 0.860 bits per heavy atom. The average molecular weight is 822 g/mol. The number of pyridine rings is 2. The molecule has 6 rings (SSSR count). The van der Waals surface area contributed by atoms with Gasteiger partial charge < -0.3 is 16.6 Å². The molecule has 0 atom stereocenters. The fourth-order valence-corrected chi connectivity index (χ4v) is 3.50. The number of carbonyl (C=O) groups excluding carboxylic acids is 1. The van der Waals surface area contributed by atoms with E-state index in [0.717, 1.165) is 11.0 Å². The summed E-state index contributed by atoms with van der Waals surface area (Å²) < 4.78 is 39.5. The van der Waals surface area contributed by atoms with Crippen LogP contribution in [0.4, 0.5) is 13.2 Å². The van der Waals surface area contributed by atoms with Crippen LogP contribution >= 0.6 is 0 Å². The Bertz CT molecular complexity index is 1830. The van der Waals surface area contributed by atoms with Gasteiger partial charge in [0.25, 0.3) is 6.47 Å². The first kappa shape index (κ1) is 39.1. The summed E-state index contributed by atoms with van der Waals surface area (Å²) >= 11 is 0. The maximum Gasteiger partial charge on any atom is 1.00 e. The average Bonchev–Trinajstić information content (AvgIpc) is 3.59. The maximum absolute atomic E-state index is 13.2. The van der Waals surface area contributed by atoms with Gasteiger partial charge in [-0.05, 0) is 60.7 Å². The van der Waals surface area contributed by atoms with Gasteiger partial charge in [0, 0.05) is 41.1 Å². The molecule has 0 radical (unpaired) electrons. The first-order valence-electron chi connectivity index (χ1n) is 11.5. The van der Waals surface area contributed by atoms with Gasteiger partial charge in [-0.1, -0.05) is 12.1 Å². The van der Waals surface area contributed by atoms with Gasteiger partial charge >= 0.3 is 138 Å². The van der Waals surface area contributed by atoms with E-state index in [9.17, 15) is 13.2 Å². The molecule has 0 spiro atoms. The zero-order valence-corrected chi connectivity index (χ0v) is 35.5. The van der Waals surface area contributed by atoms with Crippen molar-refractivity contribution in [3.8, 4) is 18.0 Å². The van der Waals surface area contributed by atoms with Crippen LogP contribution in [0.3, 0.4) is 0 Å². The molecule has 9 nitrogen and oxygen atoms in total. The molecular weight excluding hydrogens is 803 g/mol. The predicted octanol–water partition coefficient (Wildman–Crippen LogP) is -1.01. The van der Waals surface area contributed by atoms with Crippen LogP contribution in [-0.2, 0) is 9.68 Å². The van der Waals surface area contributed by atoms with Crippen molar-refractivity contribution in [3.05, 3.63) is 126 Å². The number of nitrogens with zero attached hydrogens (tertiary/aromatic N) is 5. The summed E-state index contributed by atoms with van der Waals surface area (Å²) in [5.41, 5.74) is 2.47. The SMILES string of the molecule is Fc1ccccn1.N#Cc1c[nH]c2ccc(F)cc12.N#Cc1cn(-c2ccccn2)c2ccc(F)cc12.O=CO[O-].[Cs+].[Cs+].[H-]. The van der Waals surface area contributed by atoms with Gasteiger partial charge in [0.2, 0.25) is 5.95 Å². The monoisotopic (exact) mass is 822 g/mol. The standard InChI is InChI=1S/C14H8FN3.C9H5FN2.C5H4FN.CH2O3.2Cs.H/c15-11-4-5-13-12(7-11)10(8-16)9-18(13)14-3-1-2-6-17-14;10-7-1-2-9-8(3-7)6(4-11)5-12-9;6-5-3-1-2-4-7-5;2-1-4-3;;;/h1-7,9H;1-3,5,12H;1-4H;1,3H;;;/q;;;;2*+1;-1/p-1. The first-order valence-corrected chi connectivity index (χ1v) is 11.5. The van der Waals surface area contributed by atoms with Crippen LogP contribution in [0.2, 0.25) is 0 Å². The van der Waals surface area contributed by atoms with Crippen molar-refractivity contribution in [3.63, 3.8) is 0 Å². The molecule has 2 aromatic carbocycles. The number of halogens is 3. The second-order valence-corrected chi connectivity index (χ2v) is 7.72. The zero-order chi connectivity index (χ0) is 29.6. The molecule has 206 valence electrons. The Kier molecular flexibility index (Phi) is 19.1. The number of nitriles is 2. The minimum absolute atomic E-state index is 0. The smallest absolute Gasteiger partial charge is 1.00 e. The number of aromatic nitrogens is 4. The van der Waals surface area contributed by atoms with E-state index in [1.54, 1.807) is 47.4 Å². The summed E-state index contributed by atoms with van der Waals surface area (Å²) in [6.45, 7) is -0.181. The third kappa shape index (κ3) is 11.9. The van der Waals surface area contributed by atoms with Crippen LogP contribution < -0.4 is 143 Å². The summed E-state index contributed by atoms with van der Waals surface area (Å²) in [5.74, 6) is -0.394. The van der Waals surface area contributed by atoms with Gasteiger partial charge in [-0.3, -0.25) is 9.36 Å². The van der Waals surface area contributed by atoms with Gasteiger partial charge in [0.15, 0.2) is 0 Å². The zero-order valence-electron chi connectivity index (χ0n) is 23.9.